The molecule has 0 spiro atoms. The zero-order valence-corrected chi connectivity index (χ0v) is 14.1. The summed E-state index contributed by atoms with van der Waals surface area (Å²) in [5, 5.41) is 17.1. The summed E-state index contributed by atoms with van der Waals surface area (Å²) in [5.74, 6) is -1.01. The highest BCUT2D eigenvalue weighted by Gasteiger charge is 2.35. The molecule has 0 unspecified atom stereocenters. The molecule has 2 heterocycles. The van der Waals surface area contributed by atoms with Crippen LogP contribution in [0, 0.1) is 0 Å². The maximum Gasteiger partial charge on any atom is 0.154 e. The number of H-pyrrole nitrogens is 1. The van der Waals surface area contributed by atoms with Crippen molar-refractivity contribution in [2.75, 3.05) is 0 Å². The lowest BCUT2D eigenvalue weighted by atomic mass is 9.88. The quantitative estimate of drug-likeness (QED) is 0.581. The van der Waals surface area contributed by atoms with Crippen LogP contribution in [0.4, 0.5) is 0 Å². The van der Waals surface area contributed by atoms with Crippen LogP contribution in [0.1, 0.15) is 22.9 Å². The summed E-state index contributed by atoms with van der Waals surface area (Å²) in [7, 11) is 0. The van der Waals surface area contributed by atoms with E-state index in [-0.39, 0.29) is 6.04 Å². The fourth-order valence-corrected chi connectivity index (χ4v) is 4.27. The third-order valence-electron chi connectivity index (χ3n) is 5.47. The molecule has 0 fully saturated rings. The second kappa shape index (κ2) is 5.71. The number of hydrogen-bond acceptors (Lipinski definition) is 2. The molecule has 0 saturated heterocycles. The number of carboxylic acid groups (broad SMARTS) is 1. The zero-order chi connectivity index (χ0) is 17.7. The molecule has 0 aliphatic carbocycles. The molecule has 4 heteroatoms. The largest absolute Gasteiger partial charge is 0.544 e. The number of carbonyl (C=O) groups excluding carboxylic acids is 1. The minimum absolute atomic E-state index is 0.0971. The van der Waals surface area contributed by atoms with E-state index in [4.69, 9.17) is 0 Å². The highest BCUT2D eigenvalue weighted by Crippen LogP contribution is 2.34. The summed E-state index contributed by atoms with van der Waals surface area (Å²) >= 11 is 0. The van der Waals surface area contributed by atoms with E-state index in [9.17, 15) is 9.90 Å². The molecular weight excluding hydrogens is 324 g/mol. The molecule has 0 radical (unpaired) electrons. The molecule has 3 aromatic carbocycles. The minimum Gasteiger partial charge on any atom is -0.544 e. The lowest BCUT2D eigenvalue weighted by Crippen LogP contribution is -2.95. The van der Waals surface area contributed by atoms with Crippen LogP contribution in [0.2, 0.25) is 0 Å². The molecule has 0 saturated carbocycles. The standard InChI is InChI=1S/C22H18N2O2/c25-22(26)19-12-17-15-9-3-4-11-18(15)23-21(17)20(24-19)16-10-5-7-13-6-1-2-8-14(13)16/h1-11,19-20,23-24H,12H2,(H,25,26)/t19-,20+/m0/s1. The molecule has 4 nitrogen and oxygen atoms in total. The Hall–Kier alpha value is -3.11. The van der Waals surface area contributed by atoms with Gasteiger partial charge in [-0.05, 0) is 22.4 Å². The van der Waals surface area contributed by atoms with E-state index in [0.717, 1.165) is 38.5 Å². The van der Waals surface area contributed by atoms with Crippen LogP contribution in [0.5, 0.6) is 0 Å². The molecule has 5 rings (SSSR count). The summed E-state index contributed by atoms with van der Waals surface area (Å²) in [6.45, 7) is 0. The van der Waals surface area contributed by atoms with Crippen molar-refractivity contribution in [1.29, 1.82) is 0 Å². The Morgan fingerprint density at radius 2 is 1.69 bits per heavy atom. The van der Waals surface area contributed by atoms with Gasteiger partial charge < -0.3 is 20.2 Å². The number of para-hydroxylation sites is 1. The van der Waals surface area contributed by atoms with Crippen molar-refractivity contribution in [2.45, 2.75) is 18.5 Å². The molecule has 3 N–H and O–H groups in total. The van der Waals surface area contributed by atoms with Crippen LogP contribution < -0.4 is 10.4 Å². The molecule has 26 heavy (non-hydrogen) atoms. The topological polar surface area (TPSA) is 72.5 Å². The van der Waals surface area contributed by atoms with Gasteiger partial charge in [0.15, 0.2) is 6.04 Å². The van der Waals surface area contributed by atoms with Gasteiger partial charge in [0.25, 0.3) is 0 Å². The van der Waals surface area contributed by atoms with Crippen LogP contribution in [-0.4, -0.2) is 17.0 Å². The first-order chi connectivity index (χ1) is 12.7. The fraction of sp³-hybridized carbons (Fsp3) is 0.136. The summed E-state index contributed by atoms with van der Waals surface area (Å²) in [6.07, 6.45) is 0.475. The van der Waals surface area contributed by atoms with Gasteiger partial charge in [-0.1, -0.05) is 60.7 Å². The van der Waals surface area contributed by atoms with Crippen molar-refractivity contribution in [1.82, 2.24) is 4.98 Å². The highest BCUT2D eigenvalue weighted by atomic mass is 16.4. The molecule has 1 aliphatic heterocycles. The number of nitrogens with two attached hydrogens (primary N) is 1. The Morgan fingerprint density at radius 3 is 2.54 bits per heavy atom. The van der Waals surface area contributed by atoms with E-state index < -0.39 is 12.0 Å². The van der Waals surface area contributed by atoms with Crippen molar-refractivity contribution >= 4 is 27.6 Å². The maximum atomic E-state index is 11.7. The van der Waals surface area contributed by atoms with Crippen molar-refractivity contribution in [2.24, 2.45) is 0 Å². The van der Waals surface area contributed by atoms with E-state index in [1.807, 2.05) is 41.7 Å². The fourth-order valence-electron chi connectivity index (χ4n) is 4.27. The van der Waals surface area contributed by atoms with Gasteiger partial charge in [-0.2, -0.15) is 0 Å². The van der Waals surface area contributed by atoms with Gasteiger partial charge in [0.1, 0.15) is 6.04 Å². The zero-order valence-electron chi connectivity index (χ0n) is 14.1. The highest BCUT2D eigenvalue weighted by molar-refractivity contribution is 5.89. The second-order valence-electron chi connectivity index (χ2n) is 6.93. The van der Waals surface area contributed by atoms with Crippen LogP contribution >= 0.6 is 0 Å². The molecule has 1 aromatic heterocycles. The number of aliphatic carboxylic acids is 1. The van der Waals surface area contributed by atoms with E-state index in [0.29, 0.717) is 6.42 Å². The molecule has 0 amide bonds. The lowest BCUT2D eigenvalue weighted by molar-refractivity contribution is -0.716. The van der Waals surface area contributed by atoms with Crippen molar-refractivity contribution < 1.29 is 15.2 Å². The number of rotatable bonds is 2. The molecule has 0 bridgehead atoms. The third kappa shape index (κ3) is 2.23. The molecule has 128 valence electrons. The van der Waals surface area contributed by atoms with Crippen molar-refractivity contribution in [3.63, 3.8) is 0 Å². The Balaban J connectivity index is 1.77. The maximum absolute atomic E-state index is 11.7. The van der Waals surface area contributed by atoms with Gasteiger partial charge in [-0.25, -0.2) is 0 Å². The molecule has 2 atom stereocenters. The summed E-state index contributed by atoms with van der Waals surface area (Å²) in [5.41, 5.74) is 4.37. The predicted octanol–water partition coefficient (Wildman–Crippen LogP) is 1.65. The number of hydrogen-bond donors (Lipinski definition) is 2. The molecule has 1 aliphatic rings. The van der Waals surface area contributed by atoms with Gasteiger partial charge in [-0.3, -0.25) is 0 Å². The summed E-state index contributed by atoms with van der Waals surface area (Å²) in [6, 6.07) is 21.9. The number of nitrogens with one attached hydrogen (secondary N) is 1. The number of aromatic amines is 1. The van der Waals surface area contributed by atoms with Gasteiger partial charge in [0.2, 0.25) is 0 Å². The number of aromatic nitrogens is 1. The molecular formula is C22H18N2O2. The lowest BCUT2D eigenvalue weighted by Gasteiger charge is -2.29. The number of fused-ring (bicyclic) bond motifs is 4. The Morgan fingerprint density at radius 1 is 0.962 bits per heavy atom. The Labute approximate surface area is 150 Å². The number of quaternary nitrogens is 1. The Bertz CT molecular complexity index is 1140. The van der Waals surface area contributed by atoms with Crippen LogP contribution in [0.15, 0.2) is 66.7 Å². The average molecular weight is 342 g/mol. The van der Waals surface area contributed by atoms with Crippen LogP contribution in [0.25, 0.3) is 21.7 Å². The SMILES string of the molecule is O=C([O-])[C@@H]1Cc2c([nH]c3ccccc23)[C@@H](c2cccc3ccccc23)[NH2+]1. The first-order valence-electron chi connectivity index (χ1n) is 8.85. The van der Waals surface area contributed by atoms with Crippen LogP contribution in [0.3, 0.4) is 0 Å². The summed E-state index contributed by atoms with van der Waals surface area (Å²) in [4.78, 5) is 15.3. The Kier molecular flexibility index (Phi) is 3.33. The molecule has 4 aromatic rings. The number of carboxylic acids is 1. The first-order valence-corrected chi connectivity index (χ1v) is 8.85. The van der Waals surface area contributed by atoms with Crippen LogP contribution in [-0.2, 0) is 11.2 Å². The minimum atomic E-state index is -1.01. The van der Waals surface area contributed by atoms with E-state index >= 15 is 0 Å². The van der Waals surface area contributed by atoms with Gasteiger partial charge in [0.05, 0.1) is 11.7 Å². The average Bonchev–Trinajstić information content (AvgIpc) is 3.05. The second-order valence-corrected chi connectivity index (χ2v) is 6.93. The van der Waals surface area contributed by atoms with Gasteiger partial charge >= 0.3 is 0 Å². The van der Waals surface area contributed by atoms with E-state index in [2.05, 4.69) is 35.3 Å². The predicted molar refractivity (Wildman–Crippen MR) is 98.5 cm³/mol. The van der Waals surface area contributed by atoms with Gasteiger partial charge in [-0.15, -0.1) is 0 Å². The van der Waals surface area contributed by atoms with Crippen molar-refractivity contribution in [3.8, 4) is 0 Å². The monoisotopic (exact) mass is 342 g/mol. The third-order valence-corrected chi connectivity index (χ3v) is 5.47. The first kappa shape index (κ1) is 15.2. The normalized spacial score (nSPS) is 19.5. The summed E-state index contributed by atoms with van der Waals surface area (Å²) < 4.78 is 0. The van der Waals surface area contributed by atoms with Gasteiger partial charge in [0, 0.05) is 22.9 Å². The number of benzene rings is 3. The van der Waals surface area contributed by atoms with Crippen molar-refractivity contribution in [3.05, 3.63) is 83.6 Å². The van der Waals surface area contributed by atoms with E-state index in [1.54, 1.807) is 0 Å². The van der Waals surface area contributed by atoms with E-state index in [1.165, 1.54) is 0 Å². The number of carbonyl (C=O) groups is 1. The smallest absolute Gasteiger partial charge is 0.154 e.